The molecule has 1 aliphatic rings. The summed E-state index contributed by atoms with van der Waals surface area (Å²) in [4.78, 5) is 2.45. The maximum absolute atomic E-state index is 13.6. The van der Waals surface area contributed by atoms with E-state index in [1.165, 1.54) is 6.07 Å². The summed E-state index contributed by atoms with van der Waals surface area (Å²) in [5, 5.41) is 3.46. The van der Waals surface area contributed by atoms with E-state index in [1.54, 1.807) is 6.07 Å². The van der Waals surface area contributed by atoms with E-state index < -0.39 is 0 Å². The zero-order valence-corrected chi connectivity index (χ0v) is 13.4. The van der Waals surface area contributed by atoms with Crippen LogP contribution >= 0.6 is 15.9 Å². The SMILES string of the molecule is CC(C)(C)C1CNCCN1Cc1cccc(F)c1Br. The molecule has 1 aromatic rings. The van der Waals surface area contributed by atoms with Gasteiger partial charge in [-0.25, -0.2) is 4.39 Å². The number of rotatable bonds is 2. The van der Waals surface area contributed by atoms with Crippen molar-refractivity contribution in [1.82, 2.24) is 10.2 Å². The van der Waals surface area contributed by atoms with Gasteiger partial charge in [-0.3, -0.25) is 4.90 Å². The van der Waals surface area contributed by atoms with Gasteiger partial charge < -0.3 is 5.32 Å². The molecule has 0 aliphatic carbocycles. The third-order valence-electron chi connectivity index (χ3n) is 3.76. The molecule has 2 nitrogen and oxygen atoms in total. The van der Waals surface area contributed by atoms with Crippen molar-refractivity contribution >= 4 is 15.9 Å². The van der Waals surface area contributed by atoms with E-state index >= 15 is 0 Å². The lowest BCUT2D eigenvalue weighted by molar-refractivity contribution is 0.0686. The van der Waals surface area contributed by atoms with Crippen LogP contribution in [0.4, 0.5) is 4.39 Å². The Bertz CT molecular complexity index is 442. The smallest absolute Gasteiger partial charge is 0.137 e. The number of halogens is 2. The highest BCUT2D eigenvalue weighted by Crippen LogP contribution is 2.29. The second-order valence-electron chi connectivity index (χ2n) is 6.27. The molecule has 1 fully saturated rings. The molecular weight excluding hydrogens is 307 g/mol. The average Bonchev–Trinajstić information content (AvgIpc) is 2.34. The van der Waals surface area contributed by atoms with Crippen LogP contribution in [0.2, 0.25) is 0 Å². The lowest BCUT2D eigenvalue weighted by atomic mass is 9.84. The van der Waals surface area contributed by atoms with Crippen molar-refractivity contribution in [3.05, 3.63) is 34.1 Å². The lowest BCUT2D eigenvalue weighted by Crippen LogP contribution is -2.56. The van der Waals surface area contributed by atoms with E-state index in [2.05, 4.69) is 46.9 Å². The summed E-state index contributed by atoms with van der Waals surface area (Å²) in [6.07, 6.45) is 0. The van der Waals surface area contributed by atoms with E-state index in [0.29, 0.717) is 10.5 Å². The van der Waals surface area contributed by atoms with Crippen molar-refractivity contribution in [1.29, 1.82) is 0 Å². The zero-order valence-electron chi connectivity index (χ0n) is 11.8. The molecule has 2 rings (SSSR count). The molecule has 1 unspecified atom stereocenters. The largest absolute Gasteiger partial charge is 0.314 e. The third-order valence-corrected chi connectivity index (χ3v) is 4.65. The average molecular weight is 329 g/mol. The van der Waals surface area contributed by atoms with Crippen molar-refractivity contribution in [2.24, 2.45) is 5.41 Å². The van der Waals surface area contributed by atoms with Gasteiger partial charge in [0, 0.05) is 32.2 Å². The Kier molecular flexibility index (Phi) is 4.64. The normalized spacial score (nSPS) is 21.6. The fourth-order valence-corrected chi connectivity index (χ4v) is 3.07. The van der Waals surface area contributed by atoms with Crippen LogP contribution in [0, 0.1) is 11.2 Å². The van der Waals surface area contributed by atoms with Gasteiger partial charge >= 0.3 is 0 Å². The highest BCUT2D eigenvalue weighted by Gasteiger charge is 2.32. The van der Waals surface area contributed by atoms with Crippen LogP contribution in [0.15, 0.2) is 22.7 Å². The monoisotopic (exact) mass is 328 g/mol. The fraction of sp³-hybridized carbons (Fsp3) is 0.600. The molecule has 0 spiro atoms. The van der Waals surface area contributed by atoms with Crippen molar-refractivity contribution in [2.45, 2.75) is 33.4 Å². The molecule has 1 heterocycles. The molecule has 1 aromatic carbocycles. The number of nitrogens with one attached hydrogen (secondary N) is 1. The van der Waals surface area contributed by atoms with Crippen LogP contribution in [0.5, 0.6) is 0 Å². The van der Waals surface area contributed by atoms with Gasteiger partial charge in [0.05, 0.1) is 4.47 Å². The lowest BCUT2D eigenvalue weighted by Gasteiger charge is -2.43. The van der Waals surface area contributed by atoms with Gasteiger partial charge in [0.2, 0.25) is 0 Å². The van der Waals surface area contributed by atoms with Crippen LogP contribution < -0.4 is 5.32 Å². The van der Waals surface area contributed by atoms with Crippen LogP contribution in [-0.2, 0) is 6.54 Å². The highest BCUT2D eigenvalue weighted by atomic mass is 79.9. The van der Waals surface area contributed by atoms with Crippen LogP contribution in [0.25, 0.3) is 0 Å². The van der Waals surface area contributed by atoms with Gasteiger partial charge in [0.25, 0.3) is 0 Å². The molecule has 19 heavy (non-hydrogen) atoms. The predicted octanol–water partition coefficient (Wildman–Crippen LogP) is 3.41. The summed E-state index contributed by atoms with van der Waals surface area (Å²) >= 11 is 3.36. The first-order valence-corrected chi connectivity index (χ1v) is 7.56. The number of piperazine rings is 1. The maximum atomic E-state index is 13.6. The summed E-state index contributed by atoms with van der Waals surface area (Å²) in [6.45, 7) is 10.6. The Morgan fingerprint density at radius 3 is 2.84 bits per heavy atom. The minimum atomic E-state index is -0.181. The summed E-state index contributed by atoms with van der Waals surface area (Å²) in [5.74, 6) is -0.181. The summed E-state index contributed by atoms with van der Waals surface area (Å²) in [5.41, 5.74) is 1.24. The third kappa shape index (κ3) is 3.56. The van der Waals surface area contributed by atoms with E-state index in [0.717, 1.165) is 31.7 Å². The molecule has 4 heteroatoms. The molecule has 1 saturated heterocycles. The van der Waals surface area contributed by atoms with Gasteiger partial charge in [-0.15, -0.1) is 0 Å². The standard InChI is InChI=1S/C15H22BrFN2/c1-15(2,3)13-9-18-7-8-19(13)10-11-5-4-6-12(17)14(11)16/h4-6,13,18H,7-10H2,1-3H3. The van der Waals surface area contributed by atoms with E-state index in [-0.39, 0.29) is 11.2 Å². The quantitative estimate of drug-likeness (QED) is 0.895. The predicted molar refractivity (Wildman–Crippen MR) is 80.6 cm³/mol. The molecule has 0 bridgehead atoms. The molecular formula is C15H22BrFN2. The minimum Gasteiger partial charge on any atom is -0.314 e. The van der Waals surface area contributed by atoms with Gasteiger partial charge in [-0.05, 0) is 33.0 Å². The number of benzene rings is 1. The number of hydrogen-bond donors (Lipinski definition) is 1. The van der Waals surface area contributed by atoms with E-state index in [9.17, 15) is 4.39 Å². The Balaban J connectivity index is 2.18. The molecule has 0 amide bonds. The van der Waals surface area contributed by atoms with Crippen molar-refractivity contribution < 1.29 is 4.39 Å². The molecule has 1 aliphatic heterocycles. The topological polar surface area (TPSA) is 15.3 Å². The molecule has 0 radical (unpaired) electrons. The van der Waals surface area contributed by atoms with Crippen LogP contribution in [-0.4, -0.2) is 30.6 Å². The second kappa shape index (κ2) is 5.90. The van der Waals surface area contributed by atoms with E-state index in [1.807, 2.05) is 6.07 Å². The molecule has 1 atom stereocenters. The Morgan fingerprint density at radius 2 is 2.16 bits per heavy atom. The summed E-state index contributed by atoms with van der Waals surface area (Å²) in [6, 6.07) is 5.74. The highest BCUT2D eigenvalue weighted by molar-refractivity contribution is 9.10. The molecule has 1 N–H and O–H groups in total. The van der Waals surface area contributed by atoms with Gasteiger partial charge in [-0.2, -0.15) is 0 Å². The fourth-order valence-electron chi connectivity index (χ4n) is 2.68. The van der Waals surface area contributed by atoms with Crippen molar-refractivity contribution in [3.63, 3.8) is 0 Å². The molecule has 106 valence electrons. The van der Waals surface area contributed by atoms with Gasteiger partial charge in [-0.1, -0.05) is 32.9 Å². The second-order valence-corrected chi connectivity index (χ2v) is 7.06. The molecule has 0 aromatic heterocycles. The maximum Gasteiger partial charge on any atom is 0.137 e. The van der Waals surface area contributed by atoms with Crippen LogP contribution in [0.1, 0.15) is 26.3 Å². The Morgan fingerprint density at radius 1 is 1.42 bits per heavy atom. The first-order chi connectivity index (χ1) is 8.89. The number of hydrogen-bond acceptors (Lipinski definition) is 2. The van der Waals surface area contributed by atoms with Crippen LogP contribution in [0.3, 0.4) is 0 Å². The van der Waals surface area contributed by atoms with Gasteiger partial charge in [0.15, 0.2) is 0 Å². The Labute approximate surface area is 123 Å². The molecule has 0 saturated carbocycles. The first-order valence-electron chi connectivity index (χ1n) is 6.77. The van der Waals surface area contributed by atoms with E-state index in [4.69, 9.17) is 0 Å². The first kappa shape index (κ1) is 14.9. The zero-order chi connectivity index (χ0) is 14.0. The van der Waals surface area contributed by atoms with Crippen molar-refractivity contribution in [2.75, 3.05) is 19.6 Å². The van der Waals surface area contributed by atoms with Crippen molar-refractivity contribution in [3.8, 4) is 0 Å². The summed E-state index contributed by atoms with van der Waals surface area (Å²) < 4.78 is 14.2. The number of nitrogens with zero attached hydrogens (tertiary/aromatic N) is 1. The Hall–Kier alpha value is -0.450. The minimum absolute atomic E-state index is 0.181. The summed E-state index contributed by atoms with van der Waals surface area (Å²) in [7, 11) is 0. The van der Waals surface area contributed by atoms with Gasteiger partial charge in [0.1, 0.15) is 5.82 Å².